The van der Waals surface area contributed by atoms with Crippen LogP contribution in [0, 0.1) is 19.8 Å². The Morgan fingerprint density at radius 2 is 1.82 bits per heavy atom. The summed E-state index contributed by atoms with van der Waals surface area (Å²) in [4.78, 5) is 0. The Labute approximate surface area is 108 Å². The van der Waals surface area contributed by atoms with Crippen molar-refractivity contribution in [2.24, 2.45) is 5.92 Å². The number of nitrogens with zero attached hydrogens (tertiary/aromatic N) is 2. The Bertz CT molecular complexity index is 409. The van der Waals surface area contributed by atoms with E-state index in [2.05, 4.69) is 17.1 Å². The minimum Gasteiger partial charge on any atom is -0.473 e. The van der Waals surface area contributed by atoms with Gasteiger partial charge in [-0.05, 0) is 44.6 Å². The number of ether oxygens (including phenoxy) is 1. The molecule has 0 aromatic carbocycles. The normalized spacial score (nSPS) is 24.7. The van der Waals surface area contributed by atoms with Gasteiger partial charge in [0.15, 0.2) is 5.15 Å². The molecule has 1 aromatic rings. The molecule has 0 spiro atoms. The van der Waals surface area contributed by atoms with Gasteiger partial charge in [-0.1, -0.05) is 24.9 Å². The van der Waals surface area contributed by atoms with Crippen LogP contribution in [0.5, 0.6) is 5.88 Å². The van der Waals surface area contributed by atoms with Gasteiger partial charge in [-0.25, -0.2) is 0 Å². The smallest absolute Gasteiger partial charge is 0.237 e. The molecule has 2 unspecified atom stereocenters. The van der Waals surface area contributed by atoms with Crippen LogP contribution in [-0.2, 0) is 0 Å². The highest BCUT2D eigenvalue weighted by Crippen LogP contribution is 2.30. The lowest BCUT2D eigenvalue weighted by Crippen LogP contribution is -2.29. The maximum atomic E-state index is 6.00. The van der Waals surface area contributed by atoms with E-state index in [1.165, 1.54) is 19.3 Å². The Morgan fingerprint density at radius 1 is 1.12 bits per heavy atom. The van der Waals surface area contributed by atoms with E-state index in [1.807, 2.05) is 13.8 Å². The molecule has 1 heterocycles. The molecule has 1 aliphatic carbocycles. The lowest BCUT2D eigenvalue weighted by molar-refractivity contribution is 0.0955. The van der Waals surface area contributed by atoms with Crippen molar-refractivity contribution < 1.29 is 4.74 Å². The SMILES string of the molecule is Cc1c(Cl)nnc(OC2CCCCC2C)c1C. The second kappa shape index (κ2) is 5.21. The molecule has 0 N–H and O–H groups in total. The van der Waals surface area contributed by atoms with E-state index in [4.69, 9.17) is 16.3 Å². The van der Waals surface area contributed by atoms with Crippen molar-refractivity contribution in [2.45, 2.75) is 52.6 Å². The summed E-state index contributed by atoms with van der Waals surface area (Å²) in [5, 5.41) is 8.45. The molecule has 1 aliphatic rings. The molecule has 1 saturated carbocycles. The third-order valence-electron chi connectivity index (χ3n) is 3.72. The lowest BCUT2D eigenvalue weighted by Gasteiger charge is -2.29. The summed E-state index contributed by atoms with van der Waals surface area (Å²) < 4.78 is 6.00. The van der Waals surface area contributed by atoms with Crippen LogP contribution in [0.1, 0.15) is 43.7 Å². The van der Waals surface area contributed by atoms with Gasteiger partial charge in [0.25, 0.3) is 0 Å². The molecular formula is C13H19ClN2O. The maximum Gasteiger partial charge on any atom is 0.237 e. The monoisotopic (exact) mass is 254 g/mol. The molecule has 3 nitrogen and oxygen atoms in total. The van der Waals surface area contributed by atoms with Crippen molar-refractivity contribution in [2.75, 3.05) is 0 Å². The van der Waals surface area contributed by atoms with Crippen LogP contribution >= 0.6 is 11.6 Å². The first kappa shape index (κ1) is 12.6. The Kier molecular flexibility index (Phi) is 3.87. The van der Waals surface area contributed by atoms with E-state index in [1.54, 1.807) is 0 Å². The van der Waals surface area contributed by atoms with Crippen molar-refractivity contribution in [1.29, 1.82) is 0 Å². The van der Waals surface area contributed by atoms with Crippen LogP contribution in [0.25, 0.3) is 0 Å². The van der Waals surface area contributed by atoms with Gasteiger partial charge in [-0.2, -0.15) is 0 Å². The number of rotatable bonds is 2. The number of halogens is 1. The van der Waals surface area contributed by atoms with Crippen molar-refractivity contribution >= 4 is 11.6 Å². The fourth-order valence-electron chi connectivity index (χ4n) is 2.27. The summed E-state index contributed by atoms with van der Waals surface area (Å²) >= 11 is 5.93. The van der Waals surface area contributed by atoms with Gasteiger partial charge < -0.3 is 4.74 Å². The molecule has 94 valence electrons. The van der Waals surface area contributed by atoms with Crippen LogP contribution in [0.3, 0.4) is 0 Å². The van der Waals surface area contributed by atoms with Crippen molar-refractivity contribution in [3.8, 4) is 5.88 Å². The number of hydrogen-bond donors (Lipinski definition) is 0. The highest BCUT2D eigenvalue weighted by molar-refractivity contribution is 6.30. The van der Waals surface area contributed by atoms with Crippen LogP contribution in [0.4, 0.5) is 0 Å². The average molecular weight is 255 g/mol. The predicted octanol–water partition coefficient (Wildman–Crippen LogP) is 3.70. The zero-order chi connectivity index (χ0) is 12.4. The number of hydrogen-bond acceptors (Lipinski definition) is 3. The van der Waals surface area contributed by atoms with E-state index >= 15 is 0 Å². The van der Waals surface area contributed by atoms with Crippen molar-refractivity contribution in [3.63, 3.8) is 0 Å². The fraction of sp³-hybridized carbons (Fsp3) is 0.692. The second-order valence-corrected chi connectivity index (χ2v) is 5.32. The first-order valence-corrected chi connectivity index (χ1v) is 6.63. The van der Waals surface area contributed by atoms with Gasteiger partial charge >= 0.3 is 0 Å². The molecule has 2 rings (SSSR count). The molecule has 17 heavy (non-hydrogen) atoms. The average Bonchev–Trinajstić information content (AvgIpc) is 2.32. The molecule has 0 bridgehead atoms. The maximum absolute atomic E-state index is 6.00. The summed E-state index contributed by atoms with van der Waals surface area (Å²) in [6, 6.07) is 0. The van der Waals surface area contributed by atoms with Crippen LogP contribution in [-0.4, -0.2) is 16.3 Å². The third kappa shape index (κ3) is 2.71. The molecule has 0 saturated heterocycles. The van der Waals surface area contributed by atoms with Crippen molar-refractivity contribution in [3.05, 3.63) is 16.3 Å². The molecule has 1 aromatic heterocycles. The van der Waals surface area contributed by atoms with Gasteiger partial charge in [0.1, 0.15) is 6.10 Å². The molecule has 4 heteroatoms. The Morgan fingerprint density at radius 3 is 2.53 bits per heavy atom. The van der Waals surface area contributed by atoms with E-state index in [0.29, 0.717) is 17.0 Å². The third-order valence-corrected chi connectivity index (χ3v) is 4.08. The van der Waals surface area contributed by atoms with Crippen LogP contribution in [0.15, 0.2) is 0 Å². The molecular weight excluding hydrogens is 236 g/mol. The molecule has 1 fully saturated rings. The predicted molar refractivity (Wildman–Crippen MR) is 68.6 cm³/mol. The largest absolute Gasteiger partial charge is 0.473 e. The zero-order valence-electron chi connectivity index (χ0n) is 10.7. The number of aromatic nitrogens is 2. The van der Waals surface area contributed by atoms with E-state index in [9.17, 15) is 0 Å². The second-order valence-electron chi connectivity index (χ2n) is 4.96. The van der Waals surface area contributed by atoms with E-state index in [0.717, 1.165) is 17.5 Å². The van der Waals surface area contributed by atoms with Crippen LogP contribution < -0.4 is 4.74 Å². The minimum absolute atomic E-state index is 0.275. The van der Waals surface area contributed by atoms with Gasteiger partial charge in [-0.15, -0.1) is 10.2 Å². The first-order chi connectivity index (χ1) is 8.09. The molecule has 0 aliphatic heterocycles. The molecule has 0 amide bonds. The highest BCUT2D eigenvalue weighted by atomic mass is 35.5. The lowest BCUT2D eigenvalue weighted by atomic mass is 9.88. The summed E-state index contributed by atoms with van der Waals surface area (Å²) in [6.07, 6.45) is 5.19. The summed E-state index contributed by atoms with van der Waals surface area (Å²) in [7, 11) is 0. The summed E-state index contributed by atoms with van der Waals surface area (Å²) in [6.45, 7) is 6.18. The van der Waals surface area contributed by atoms with Gasteiger partial charge in [0.2, 0.25) is 5.88 Å². The van der Waals surface area contributed by atoms with Gasteiger partial charge in [0.05, 0.1) is 0 Å². The van der Waals surface area contributed by atoms with E-state index < -0.39 is 0 Å². The van der Waals surface area contributed by atoms with E-state index in [-0.39, 0.29) is 6.10 Å². The van der Waals surface area contributed by atoms with Crippen molar-refractivity contribution in [1.82, 2.24) is 10.2 Å². The fourth-order valence-corrected chi connectivity index (χ4v) is 2.45. The first-order valence-electron chi connectivity index (χ1n) is 6.25. The standard InChI is InChI=1S/C13H19ClN2O/c1-8-6-4-5-7-11(8)17-13-10(3)9(2)12(14)15-16-13/h8,11H,4-7H2,1-3H3. The topological polar surface area (TPSA) is 35.0 Å². The highest BCUT2D eigenvalue weighted by Gasteiger charge is 2.24. The Balaban J connectivity index is 2.15. The Hall–Kier alpha value is -0.830. The summed E-state index contributed by atoms with van der Waals surface area (Å²) in [5.74, 6) is 1.24. The van der Waals surface area contributed by atoms with Gasteiger partial charge in [0, 0.05) is 5.56 Å². The van der Waals surface area contributed by atoms with Crippen LogP contribution in [0.2, 0.25) is 5.15 Å². The van der Waals surface area contributed by atoms with Gasteiger partial charge in [-0.3, -0.25) is 0 Å². The minimum atomic E-state index is 0.275. The summed E-state index contributed by atoms with van der Waals surface area (Å²) in [5.41, 5.74) is 1.96. The zero-order valence-corrected chi connectivity index (χ0v) is 11.4. The quantitative estimate of drug-likeness (QED) is 0.807. The molecule has 0 radical (unpaired) electrons. The molecule has 2 atom stereocenters.